The third-order valence-electron chi connectivity index (χ3n) is 1.99. The van der Waals surface area contributed by atoms with Crippen molar-refractivity contribution in [3.63, 3.8) is 0 Å². The highest BCUT2D eigenvalue weighted by Gasteiger charge is 2.13. The van der Waals surface area contributed by atoms with Crippen LogP contribution in [0.5, 0.6) is 0 Å². The Bertz CT molecular complexity index is 508. The number of ether oxygens (including phenoxy) is 1. The van der Waals surface area contributed by atoms with E-state index in [0.29, 0.717) is 5.69 Å². The van der Waals surface area contributed by atoms with Gasteiger partial charge in [-0.05, 0) is 18.2 Å². The SMILES string of the molecule is N#CCNC(=O)COC(=O)c1ccc(N)cc1N. The van der Waals surface area contributed by atoms with Crippen molar-refractivity contribution >= 4 is 23.3 Å². The van der Waals surface area contributed by atoms with Crippen LogP contribution >= 0.6 is 0 Å². The van der Waals surface area contributed by atoms with E-state index in [9.17, 15) is 9.59 Å². The quantitative estimate of drug-likeness (QED) is 0.379. The summed E-state index contributed by atoms with van der Waals surface area (Å²) < 4.78 is 4.73. The van der Waals surface area contributed by atoms with Crippen LogP contribution in [0.25, 0.3) is 0 Å². The zero-order valence-corrected chi connectivity index (χ0v) is 9.47. The van der Waals surface area contributed by atoms with Crippen molar-refractivity contribution in [2.75, 3.05) is 24.6 Å². The summed E-state index contributed by atoms with van der Waals surface area (Å²) >= 11 is 0. The number of anilines is 2. The molecule has 94 valence electrons. The van der Waals surface area contributed by atoms with Gasteiger partial charge in [0.15, 0.2) is 6.61 Å². The Hall–Kier alpha value is -2.75. The standard InChI is InChI=1S/C11H12N4O3/c12-3-4-15-10(16)6-18-11(17)8-2-1-7(13)5-9(8)14/h1-2,5H,4,6,13-14H2,(H,15,16). The van der Waals surface area contributed by atoms with Gasteiger partial charge in [0.25, 0.3) is 5.91 Å². The third-order valence-corrected chi connectivity index (χ3v) is 1.99. The lowest BCUT2D eigenvalue weighted by molar-refractivity contribution is -0.123. The Balaban J connectivity index is 2.56. The summed E-state index contributed by atoms with van der Waals surface area (Å²) in [6, 6.07) is 6.07. The zero-order chi connectivity index (χ0) is 13.5. The Morgan fingerprint density at radius 1 is 1.39 bits per heavy atom. The molecule has 0 aromatic heterocycles. The van der Waals surface area contributed by atoms with Crippen LogP contribution in [0.1, 0.15) is 10.4 Å². The van der Waals surface area contributed by atoms with Crippen molar-refractivity contribution in [1.82, 2.24) is 5.32 Å². The fourth-order valence-electron chi connectivity index (χ4n) is 1.17. The molecule has 0 saturated heterocycles. The first-order chi connectivity index (χ1) is 8.54. The van der Waals surface area contributed by atoms with Crippen LogP contribution in [0.3, 0.4) is 0 Å². The summed E-state index contributed by atoms with van der Waals surface area (Å²) in [5.41, 5.74) is 11.8. The second-order valence-electron chi connectivity index (χ2n) is 3.36. The predicted octanol–water partition coefficient (Wildman–Crippen LogP) is -0.352. The molecule has 0 aliphatic heterocycles. The number of esters is 1. The van der Waals surface area contributed by atoms with E-state index < -0.39 is 18.5 Å². The number of hydrogen-bond donors (Lipinski definition) is 3. The van der Waals surface area contributed by atoms with Crippen LogP contribution in [0, 0.1) is 11.3 Å². The summed E-state index contributed by atoms with van der Waals surface area (Å²) in [5, 5.41) is 10.5. The summed E-state index contributed by atoms with van der Waals surface area (Å²) in [4.78, 5) is 22.7. The highest BCUT2D eigenvalue weighted by atomic mass is 16.5. The molecule has 7 nitrogen and oxygen atoms in total. The minimum absolute atomic E-state index is 0.136. The molecule has 0 aliphatic carbocycles. The average molecular weight is 248 g/mol. The van der Waals surface area contributed by atoms with Crippen molar-refractivity contribution in [2.45, 2.75) is 0 Å². The van der Waals surface area contributed by atoms with Crippen LogP contribution in [-0.2, 0) is 9.53 Å². The Morgan fingerprint density at radius 2 is 2.11 bits per heavy atom. The Kier molecular flexibility index (Phi) is 4.51. The van der Waals surface area contributed by atoms with Gasteiger partial charge in [-0.25, -0.2) is 4.79 Å². The maximum atomic E-state index is 11.6. The fraction of sp³-hybridized carbons (Fsp3) is 0.182. The number of nitrogen functional groups attached to an aromatic ring is 2. The lowest BCUT2D eigenvalue weighted by Gasteiger charge is -2.07. The van der Waals surface area contributed by atoms with Crippen molar-refractivity contribution in [3.05, 3.63) is 23.8 Å². The van der Waals surface area contributed by atoms with E-state index in [-0.39, 0.29) is 17.8 Å². The molecule has 0 spiro atoms. The maximum Gasteiger partial charge on any atom is 0.340 e. The van der Waals surface area contributed by atoms with Crippen LogP contribution in [0.2, 0.25) is 0 Å². The maximum absolute atomic E-state index is 11.6. The van der Waals surface area contributed by atoms with E-state index >= 15 is 0 Å². The smallest absolute Gasteiger partial charge is 0.340 e. The van der Waals surface area contributed by atoms with Crippen molar-refractivity contribution < 1.29 is 14.3 Å². The van der Waals surface area contributed by atoms with Gasteiger partial charge in [-0.3, -0.25) is 4.79 Å². The summed E-state index contributed by atoms with van der Waals surface area (Å²) in [5.74, 6) is -1.28. The number of hydrogen-bond acceptors (Lipinski definition) is 6. The van der Waals surface area contributed by atoms with E-state index in [4.69, 9.17) is 21.5 Å². The molecule has 1 aromatic carbocycles. The molecule has 1 amide bonds. The van der Waals surface area contributed by atoms with Gasteiger partial charge in [-0.1, -0.05) is 0 Å². The lowest BCUT2D eigenvalue weighted by atomic mass is 10.1. The zero-order valence-electron chi connectivity index (χ0n) is 9.47. The summed E-state index contributed by atoms with van der Waals surface area (Å²) in [6.07, 6.45) is 0. The molecule has 0 radical (unpaired) electrons. The Morgan fingerprint density at radius 3 is 2.72 bits per heavy atom. The third kappa shape index (κ3) is 3.68. The van der Waals surface area contributed by atoms with Gasteiger partial charge in [0.05, 0.1) is 11.6 Å². The molecule has 0 bridgehead atoms. The fourth-order valence-corrected chi connectivity index (χ4v) is 1.17. The first kappa shape index (κ1) is 13.3. The number of carbonyl (C=O) groups excluding carboxylic acids is 2. The summed E-state index contributed by atoms with van der Waals surface area (Å²) in [7, 11) is 0. The topological polar surface area (TPSA) is 131 Å². The highest BCUT2D eigenvalue weighted by molar-refractivity contribution is 5.96. The van der Waals surface area contributed by atoms with E-state index in [1.807, 2.05) is 0 Å². The molecule has 1 aromatic rings. The van der Waals surface area contributed by atoms with Crippen LogP contribution in [-0.4, -0.2) is 25.0 Å². The molecule has 0 atom stereocenters. The molecule has 0 aliphatic rings. The predicted molar refractivity (Wildman–Crippen MR) is 64.2 cm³/mol. The van der Waals surface area contributed by atoms with Crippen LogP contribution in [0.4, 0.5) is 11.4 Å². The van der Waals surface area contributed by atoms with E-state index in [0.717, 1.165) is 0 Å². The summed E-state index contributed by atoms with van der Waals surface area (Å²) in [6.45, 7) is -0.606. The number of nitrogens with zero attached hydrogens (tertiary/aromatic N) is 1. The lowest BCUT2D eigenvalue weighted by Crippen LogP contribution is -2.29. The number of nitrogens with one attached hydrogen (secondary N) is 1. The molecule has 0 unspecified atom stereocenters. The highest BCUT2D eigenvalue weighted by Crippen LogP contribution is 2.16. The van der Waals surface area contributed by atoms with Gasteiger partial charge >= 0.3 is 5.97 Å². The van der Waals surface area contributed by atoms with E-state index in [1.54, 1.807) is 6.07 Å². The largest absolute Gasteiger partial charge is 0.452 e. The van der Waals surface area contributed by atoms with E-state index in [2.05, 4.69) is 5.32 Å². The van der Waals surface area contributed by atoms with Gasteiger partial charge in [0.2, 0.25) is 0 Å². The second kappa shape index (κ2) is 6.10. The first-order valence-electron chi connectivity index (χ1n) is 5.00. The first-order valence-corrected chi connectivity index (χ1v) is 5.00. The molecule has 0 saturated carbocycles. The molecule has 0 heterocycles. The van der Waals surface area contributed by atoms with E-state index in [1.165, 1.54) is 18.2 Å². The van der Waals surface area contributed by atoms with Crippen LogP contribution in [0.15, 0.2) is 18.2 Å². The normalized spacial score (nSPS) is 9.28. The van der Waals surface area contributed by atoms with Gasteiger partial charge in [-0.2, -0.15) is 5.26 Å². The van der Waals surface area contributed by atoms with Crippen molar-refractivity contribution in [3.8, 4) is 6.07 Å². The van der Waals surface area contributed by atoms with Gasteiger partial charge < -0.3 is 21.5 Å². The second-order valence-corrected chi connectivity index (χ2v) is 3.36. The molecule has 7 heteroatoms. The molecular weight excluding hydrogens is 236 g/mol. The molecule has 18 heavy (non-hydrogen) atoms. The molecule has 5 N–H and O–H groups in total. The molecule has 1 rings (SSSR count). The molecular formula is C11H12N4O3. The number of amides is 1. The monoisotopic (exact) mass is 248 g/mol. The Labute approximate surface area is 103 Å². The number of nitriles is 1. The molecule has 0 fully saturated rings. The van der Waals surface area contributed by atoms with Crippen LogP contribution < -0.4 is 16.8 Å². The van der Waals surface area contributed by atoms with Gasteiger partial charge in [-0.15, -0.1) is 0 Å². The van der Waals surface area contributed by atoms with Crippen molar-refractivity contribution in [1.29, 1.82) is 5.26 Å². The van der Waals surface area contributed by atoms with Crippen molar-refractivity contribution in [2.24, 2.45) is 0 Å². The van der Waals surface area contributed by atoms with Gasteiger partial charge in [0.1, 0.15) is 6.54 Å². The number of nitrogens with two attached hydrogens (primary N) is 2. The number of carbonyl (C=O) groups is 2. The minimum Gasteiger partial charge on any atom is -0.452 e. The van der Waals surface area contributed by atoms with Gasteiger partial charge in [0, 0.05) is 11.4 Å². The average Bonchev–Trinajstić information content (AvgIpc) is 2.33. The minimum atomic E-state index is -0.723. The number of benzene rings is 1. The number of rotatable bonds is 4.